The van der Waals surface area contributed by atoms with Crippen molar-refractivity contribution in [2.24, 2.45) is 11.8 Å². The maximum atomic E-state index is 12.7. The van der Waals surface area contributed by atoms with Gasteiger partial charge in [-0.3, -0.25) is 4.79 Å². The molecule has 3 aliphatic heterocycles. The first-order valence-corrected chi connectivity index (χ1v) is 8.15. The van der Waals surface area contributed by atoms with E-state index in [0.717, 1.165) is 25.8 Å². The lowest BCUT2D eigenvalue weighted by Gasteiger charge is -2.41. The Balaban J connectivity index is 1.55. The Bertz CT molecular complexity index is 638. The third kappa shape index (κ3) is 1.47. The number of benzene rings is 1. The first-order chi connectivity index (χ1) is 10.3. The van der Waals surface area contributed by atoms with Crippen LogP contribution in [0.25, 0.3) is 0 Å². The van der Waals surface area contributed by atoms with E-state index >= 15 is 0 Å². The van der Waals surface area contributed by atoms with Gasteiger partial charge < -0.3 is 10.2 Å². The summed E-state index contributed by atoms with van der Waals surface area (Å²) in [6, 6.07) is 9.50. The molecule has 3 nitrogen and oxygen atoms in total. The van der Waals surface area contributed by atoms with Gasteiger partial charge in [-0.1, -0.05) is 30.4 Å². The molecule has 21 heavy (non-hydrogen) atoms. The van der Waals surface area contributed by atoms with Crippen LogP contribution in [-0.4, -0.2) is 29.4 Å². The van der Waals surface area contributed by atoms with Crippen LogP contribution in [0.1, 0.15) is 30.7 Å². The normalized spacial score (nSPS) is 39.3. The highest BCUT2D eigenvalue weighted by molar-refractivity contribution is 5.83. The Hall–Kier alpha value is -1.77. The van der Waals surface area contributed by atoms with E-state index < -0.39 is 0 Å². The maximum absolute atomic E-state index is 12.7. The third-order valence-corrected chi connectivity index (χ3v) is 6.05. The van der Waals surface area contributed by atoms with E-state index in [1.165, 1.54) is 11.3 Å². The van der Waals surface area contributed by atoms with Crippen LogP contribution in [0.2, 0.25) is 0 Å². The van der Waals surface area contributed by atoms with Gasteiger partial charge in [-0.2, -0.15) is 0 Å². The summed E-state index contributed by atoms with van der Waals surface area (Å²) in [6.07, 6.45) is 7.60. The quantitative estimate of drug-likeness (QED) is 0.741. The molecule has 1 amide bonds. The SMILES string of the molecule is O=C1[C@H]2CC=CC[C@H]2C2C3Nc4ccccc4C3CCN12. The van der Waals surface area contributed by atoms with Crippen molar-refractivity contribution in [2.75, 3.05) is 11.9 Å². The van der Waals surface area contributed by atoms with E-state index in [-0.39, 0.29) is 5.92 Å². The van der Waals surface area contributed by atoms with Crippen LogP contribution >= 0.6 is 0 Å². The van der Waals surface area contributed by atoms with Crippen LogP contribution in [0.15, 0.2) is 36.4 Å². The molecule has 3 heterocycles. The van der Waals surface area contributed by atoms with Gasteiger partial charge in [0.15, 0.2) is 0 Å². The van der Waals surface area contributed by atoms with E-state index in [2.05, 4.69) is 46.6 Å². The summed E-state index contributed by atoms with van der Waals surface area (Å²) >= 11 is 0. The second kappa shape index (κ2) is 4.12. The zero-order chi connectivity index (χ0) is 14.0. The monoisotopic (exact) mass is 280 g/mol. The first kappa shape index (κ1) is 11.8. The smallest absolute Gasteiger partial charge is 0.226 e. The van der Waals surface area contributed by atoms with E-state index in [1.807, 2.05) is 0 Å². The molecule has 1 N–H and O–H groups in total. The second-order valence-corrected chi connectivity index (χ2v) is 6.89. The van der Waals surface area contributed by atoms with Crippen molar-refractivity contribution in [3.8, 4) is 0 Å². The number of carbonyl (C=O) groups excluding carboxylic acids is 1. The minimum atomic E-state index is 0.240. The van der Waals surface area contributed by atoms with Crippen LogP contribution in [0, 0.1) is 11.8 Å². The van der Waals surface area contributed by atoms with Crippen LogP contribution in [-0.2, 0) is 4.79 Å². The number of hydrogen-bond donors (Lipinski definition) is 1. The number of amides is 1. The van der Waals surface area contributed by atoms with Gasteiger partial charge in [-0.25, -0.2) is 0 Å². The molecule has 0 saturated carbocycles. The van der Waals surface area contributed by atoms with Crippen molar-refractivity contribution in [2.45, 2.75) is 37.3 Å². The fraction of sp³-hybridized carbons (Fsp3) is 0.500. The molecule has 2 saturated heterocycles. The van der Waals surface area contributed by atoms with Crippen LogP contribution in [0.3, 0.4) is 0 Å². The molecular formula is C18H20N2O. The molecule has 1 aromatic rings. The van der Waals surface area contributed by atoms with Gasteiger partial charge in [0.1, 0.15) is 0 Å². The number of allylic oxidation sites excluding steroid dienone is 2. The number of hydrogen-bond acceptors (Lipinski definition) is 2. The van der Waals surface area contributed by atoms with Gasteiger partial charge in [0.2, 0.25) is 5.91 Å². The Morgan fingerprint density at radius 2 is 1.95 bits per heavy atom. The Labute approximate surface area is 125 Å². The average Bonchev–Trinajstić information content (AvgIpc) is 3.04. The highest BCUT2D eigenvalue weighted by Gasteiger charge is 2.55. The maximum Gasteiger partial charge on any atom is 0.226 e. The van der Waals surface area contributed by atoms with Crippen LogP contribution < -0.4 is 5.32 Å². The van der Waals surface area contributed by atoms with Gasteiger partial charge >= 0.3 is 0 Å². The van der Waals surface area contributed by atoms with Crippen molar-refractivity contribution in [1.29, 1.82) is 0 Å². The fourth-order valence-electron chi connectivity index (χ4n) is 5.17. The number of para-hydroxylation sites is 1. The van der Waals surface area contributed by atoms with Crippen LogP contribution in [0.5, 0.6) is 0 Å². The Morgan fingerprint density at radius 3 is 2.90 bits per heavy atom. The molecule has 0 bridgehead atoms. The number of carbonyl (C=O) groups is 1. The van der Waals surface area contributed by atoms with Gasteiger partial charge in [0.25, 0.3) is 0 Å². The van der Waals surface area contributed by atoms with Crippen molar-refractivity contribution >= 4 is 11.6 Å². The summed E-state index contributed by atoms with van der Waals surface area (Å²) in [7, 11) is 0. The van der Waals surface area contributed by atoms with Crippen molar-refractivity contribution in [3.63, 3.8) is 0 Å². The largest absolute Gasteiger partial charge is 0.379 e. The van der Waals surface area contributed by atoms with Crippen molar-refractivity contribution in [1.82, 2.24) is 4.90 Å². The van der Waals surface area contributed by atoms with Gasteiger partial charge in [0, 0.05) is 24.1 Å². The number of fused-ring (bicyclic) bond motifs is 7. The number of anilines is 1. The molecule has 1 aromatic carbocycles. The molecule has 0 aromatic heterocycles. The molecule has 3 heteroatoms. The zero-order valence-corrected chi connectivity index (χ0v) is 12.0. The summed E-state index contributed by atoms with van der Waals surface area (Å²) in [6.45, 7) is 0.938. The topological polar surface area (TPSA) is 32.3 Å². The number of rotatable bonds is 0. The number of nitrogens with one attached hydrogen (secondary N) is 1. The lowest BCUT2D eigenvalue weighted by molar-refractivity contribution is -0.133. The van der Waals surface area contributed by atoms with Crippen molar-refractivity contribution in [3.05, 3.63) is 42.0 Å². The van der Waals surface area contributed by atoms with E-state index in [4.69, 9.17) is 0 Å². The third-order valence-electron chi connectivity index (χ3n) is 6.05. The first-order valence-electron chi connectivity index (χ1n) is 8.15. The molecular weight excluding hydrogens is 260 g/mol. The minimum Gasteiger partial charge on any atom is -0.379 e. The molecule has 1 aliphatic carbocycles. The summed E-state index contributed by atoms with van der Waals surface area (Å²) in [5, 5.41) is 3.74. The van der Waals surface area contributed by atoms with E-state index in [1.54, 1.807) is 0 Å². The van der Waals surface area contributed by atoms with Crippen molar-refractivity contribution < 1.29 is 4.79 Å². The highest BCUT2D eigenvalue weighted by Crippen LogP contribution is 2.50. The lowest BCUT2D eigenvalue weighted by Crippen LogP contribution is -2.52. The summed E-state index contributed by atoms with van der Waals surface area (Å²) in [5.74, 6) is 1.74. The minimum absolute atomic E-state index is 0.240. The van der Waals surface area contributed by atoms with E-state index in [0.29, 0.717) is 29.8 Å². The predicted octanol–water partition coefficient (Wildman–Crippen LogP) is 2.76. The molecule has 3 unspecified atom stereocenters. The lowest BCUT2D eigenvalue weighted by atomic mass is 9.75. The summed E-state index contributed by atoms with van der Waals surface area (Å²) in [4.78, 5) is 14.9. The van der Waals surface area contributed by atoms with E-state index in [9.17, 15) is 4.79 Å². The second-order valence-electron chi connectivity index (χ2n) is 6.89. The highest BCUT2D eigenvalue weighted by atomic mass is 16.2. The molecule has 5 rings (SSSR count). The number of piperidine rings is 1. The Kier molecular flexibility index (Phi) is 2.33. The predicted molar refractivity (Wildman–Crippen MR) is 82.1 cm³/mol. The molecule has 108 valence electrons. The molecule has 0 radical (unpaired) electrons. The fourth-order valence-corrected chi connectivity index (χ4v) is 5.17. The summed E-state index contributed by atoms with van der Waals surface area (Å²) in [5.41, 5.74) is 2.75. The van der Waals surface area contributed by atoms with Gasteiger partial charge in [-0.15, -0.1) is 0 Å². The zero-order valence-electron chi connectivity index (χ0n) is 12.0. The average molecular weight is 280 g/mol. The molecule has 4 aliphatic rings. The standard InChI is InChI=1S/C18H20N2O/c21-18-14-7-2-1-6-13(14)17-16-12(9-10-20(17)18)11-5-3-4-8-15(11)19-16/h1-5,8,12-14,16-17,19H,6-7,9-10H2/t12?,13-,14+,16?,17?/m1/s1. The molecule has 0 spiro atoms. The molecule has 5 atom stereocenters. The number of nitrogens with zero attached hydrogens (tertiary/aromatic N) is 1. The van der Waals surface area contributed by atoms with Crippen LogP contribution in [0.4, 0.5) is 5.69 Å². The van der Waals surface area contributed by atoms with Gasteiger partial charge in [0.05, 0.1) is 12.1 Å². The molecule has 2 fully saturated rings. The Morgan fingerprint density at radius 1 is 1.10 bits per heavy atom. The van der Waals surface area contributed by atoms with Gasteiger partial charge in [-0.05, 0) is 36.8 Å². The summed E-state index contributed by atoms with van der Waals surface area (Å²) < 4.78 is 0.